The van der Waals surface area contributed by atoms with Gasteiger partial charge >= 0.3 is 18.1 Å². The van der Waals surface area contributed by atoms with Crippen LogP contribution < -0.4 is 20.1 Å². The molecule has 2 aromatic carbocycles. The first-order valence-corrected chi connectivity index (χ1v) is 20.8. The molecule has 0 saturated heterocycles. The minimum absolute atomic E-state index is 0.0561. The molecule has 0 aliphatic heterocycles. The van der Waals surface area contributed by atoms with Gasteiger partial charge in [0.2, 0.25) is 11.8 Å². The molecule has 0 unspecified atom stereocenters. The summed E-state index contributed by atoms with van der Waals surface area (Å²) in [5.41, 5.74) is -0.580. The number of carboxylic acids is 1. The van der Waals surface area contributed by atoms with Crippen LogP contribution >= 0.6 is 23.2 Å². The molecule has 0 saturated carbocycles. The van der Waals surface area contributed by atoms with Crippen LogP contribution in [0.5, 0.6) is 11.5 Å². The fourth-order valence-corrected chi connectivity index (χ4v) is 5.67. The van der Waals surface area contributed by atoms with Crippen LogP contribution in [-0.4, -0.2) is 75.4 Å². The largest absolute Gasteiger partial charge is 0.493 e. The summed E-state index contributed by atoms with van der Waals surface area (Å²) < 4.78 is 92.0. The van der Waals surface area contributed by atoms with E-state index in [4.69, 9.17) is 51.6 Å². The van der Waals surface area contributed by atoms with Gasteiger partial charge in [-0.3, -0.25) is 14.4 Å². The smallest absolute Gasteiger partial charge is 0.437 e. The number of halogens is 7. The number of carbonyl (C=O) groups excluding carboxylic acids is 3. The number of nitrogens with zero attached hydrogens (tertiary/aromatic N) is 2. The molecule has 2 atom stereocenters. The Morgan fingerprint density at radius 3 is 1.66 bits per heavy atom. The van der Waals surface area contributed by atoms with Gasteiger partial charge in [0.1, 0.15) is 29.2 Å². The third-order valence-corrected chi connectivity index (χ3v) is 8.40. The third kappa shape index (κ3) is 16.8. The number of hydrogen-bond donors (Lipinski definition) is 3. The van der Waals surface area contributed by atoms with Gasteiger partial charge in [-0.15, -0.1) is 23.2 Å². The second kappa shape index (κ2) is 25.3. The molecule has 21 heteroatoms. The Balaban J connectivity index is 0.000000406. The molecule has 0 spiro atoms. The Morgan fingerprint density at radius 1 is 0.774 bits per heavy atom. The number of ether oxygens (including phenoxy) is 3. The summed E-state index contributed by atoms with van der Waals surface area (Å²) in [6.45, 7) is 12.4. The highest BCUT2D eigenvalue weighted by Crippen LogP contribution is 2.38. The van der Waals surface area contributed by atoms with E-state index in [0.29, 0.717) is 54.7 Å². The Bertz CT molecular complexity index is 2070. The topological polar surface area (TPSA) is 192 Å². The van der Waals surface area contributed by atoms with Gasteiger partial charge < -0.3 is 39.0 Å². The van der Waals surface area contributed by atoms with Crippen LogP contribution in [0.2, 0.25) is 0 Å². The quantitative estimate of drug-likeness (QED) is 0.0350. The van der Waals surface area contributed by atoms with Crippen molar-refractivity contribution in [3.63, 3.8) is 0 Å². The zero-order valence-electron chi connectivity index (χ0n) is 35.5. The third-order valence-electron chi connectivity index (χ3n) is 8.40. The maximum absolute atomic E-state index is 13.1. The summed E-state index contributed by atoms with van der Waals surface area (Å²) in [7, 11) is 0. The summed E-state index contributed by atoms with van der Waals surface area (Å²) in [6.07, 6.45) is -3.94. The summed E-state index contributed by atoms with van der Waals surface area (Å²) in [4.78, 5) is 46.4. The molecule has 2 heterocycles. The number of aliphatic carboxylic acids is 1. The van der Waals surface area contributed by atoms with Gasteiger partial charge in [-0.05, 0) is 84.6 Å². The van der Waals surface area contributed by atoms with Gasteiger partial charge in [0.15, 0.2) is 22.6 Å². The second-order valence-corrected chi connectivity index (χ2v) is 15.5. The standard InChI is InChI=1S/C22H29F3N2O5.C18H22F2N2O5.CH2Cl2/c1-6-8-14-16(11-10-15-18(14)32-27-19(15)22(23,24)25)30-12-7-9-17(28)26-13(2)20(29)31-21(3,4)5;1-3-5-11-13(8-7-12-15(17(19)20)22-27-16(11)12)26-9-4-6-14(23)21-10(2)18(24)25;2-1-3/h10-11,13H,6-9,12H2,1-5H3,(H,26,28);7-8,10,17H,3-6,9H2,1-2H3,(H,21,23)(H,24,25);1H2/t13-;10-;/m00./s1. The lowest BCUT2D eigenvalue weighted by molar-refractivity contribution is -0.158. The van der Waals surface area contributed by atoms with E-state index in [2.05, 4.69) is 20.9 Å². The number of aryl methyl sites for hydroxylation is 2. The van der Waals surface area contributed by atoms with E-state index in [1.807, 2.05) is 13.8 Å². The lowest BCUT2D eigenvalue weighted by atomic mass is 10.0. The van der Waals surface area contributed by atoms with Gasteiger partial charge in [0, 0.05) is 24.0 Å². The Labute approximate surface area is 365 Å². The molecule has 0 bridgehead atoms. The van der Waals surface area contributed by atoms with E-state index in [-0.39, 0.29) is 65.1 Å². The highest BCUT2D eigenvalue weighted by atomic mass is 35.5. The van der Waals surface area contributed by atoms with E-state index in [0.717, 1.165) is 6.42 Å². The zero-order valence-corrected chi connectivity index (χ0v) is 37.0. The predicted molar refractivity (Wildman–Crippen MR) is 221 cm³/mol. The van der Waals surface area contributed by atoms with E-state index >= 15 is 0 Å². The average Bonchev–Trinajstić information content (AvgIpc) is 3.82. The van der Waals surface area contributed by atoms with Crippen LogP contribution in [0.4, 0.5) is 22.0 Å². The minimum Gasteiger partial charge on any atom is -0.493 e. The first-order chi connectivity index (χ1) is 29.1. The van der Waals surface area contributed by atoms with Crippen LogP contribution in [0.25, 0.3) is 21.9 Å². The molecule has 14 nitrogen and oxygen atoms in total. The Morgan fingerprint density at radius 2 is 1.23 bits per heavy atom. The van der Waals surface area contributed by atoms with Crippen LogP contribution in [0.15, 0.2) is 33.3 Å². The summed E-state index contributed by atoms with van der Waals surface area (Å²) in [5.74, 6) is -1.44. The lowest BCUT2D eigenvalue weighted by Crippen LogP contribution is -2.42. The monoisotopic (exact) mass is 926 g/mol. The van der Waals surface area contributed by atoms with Crippen molar-refractivity contribution in [2.45, 2.75) is 130 Å². The Kier molecular flexibility index (Phi) is 21.7. The first kappa shape index (κ1) is 53.2. The normalized spacial score (nSPS) is 12.4. The molecular formula is C41H53Cl2F5N4O10. The van der Waals surface area contributed by atoms with Crippen LogP contribution in [0.1, 0.15) is 116 Å². The van der Waals surface area contributed by atoms with Crippen molar-refractivity contribution in [2.24, 2.45) is 0 Å². The predicted octanol–water partition coefficient (Wildman–Crippen LogP) is 9.69. The number of fused-ring (bicyclic) bond motifs is 2. The average molecular weight is 928 g/mol. The molecule has 2 amide bonds. The SMILES string of the molecule is CCCc1c(OCCCC(=O)N[C@@H](C)C(=O)O)ccc2c(C(F)F)noc12.CCCc1c(OCCCC(=O)N[C@@H](C)C(=O)OC(C)(C)C)ccc2c(C(F)(F)F)noc12.ClCCl. The van der Waals surface area contributed by atoms with Crippen molar-refractivity contribution in [3.8, 4) is 11.5 Å². The Hall–Kier alpha value is -4.91. The first-order valence-electron chi connectivity index (χ1n) is 19.7. The summed E-state index contributed by atoms with van der Waals surface area (Å²) in [6, 6.07) is 4.09. The summed E-state index contributed by atoms with van der Waals surface area (Å²) in [5, 5.41) is 20.7. The maximum atomic E-state index is 13.1. The molecule has 3 N–H and O–H groups in total. The van der Waals surface area contributed by atoms with Crippen LogP contribution in [0, 0.1) is 0 Å². The number of carboxylic acid groups (broad SMARTS) is 1. The molecule has 0 fully saturated rings. The van der Waals surface area contributed by atoms with E-state index in [1.165, 1.54) is 25.1 Å². The molecule has 4 aromatic rings. The second-order valence-electron chi connectivity index (χ2n) is 14.7. The molecule has 62 heavy (non-hydrogen) atoms. The fourth-order valence-electron chi connectivity index (χ4n) is 5.67. The molecule has 0 aliphatic rings. The number of benzene rings is 2. The van der Waals surface area contributed by atoms with E-state index < -0.39 is 53.6 Å². The minimum atomic E-state index is -4.61. The van der Waals surface area contributed by atoms with E-state index in [1.54, 1.807) is 33.8 Å². The molecule has 4 rings (SSSR count). The van der Waals surface area contributed by atoms with Crippen molar-refractivity contribution in [2.75, 3.05) is 18.6 Å². The van der Waals surface area contributed by atoms with Crippen LogP contribution in [0.3, 0.4) is 0 Å². The van der Waals surface area contributed by atoms with Crippen molar-refractivity contribution in [1.29, 1.82) is 0 Å². The van der Waals surface area contributed by atoms with Crippen molar-refractivity contribution in [1.82, 2.24) is 20.9 Å². The van der Waals surface area contributed by atoms with Crippen LogP contribution in [-0.2, 0) is 42.9 Å². The van der Waals surface area contributed by atoms with Gasteiger partial charge in [-0.1, -0.05) is 37.0 Å². The number of nitrogens with one attached hydrogen (secondary N) is 2. The van der Waals surface area contributed by atoms with E-state index in [9.17, 15) is 41.1 Å². The number of amides is 2. The number of hydrogen-bond acceptors (Lipinski definition) is 11. The van der Waals surface area contributed by atoms with Gasteiger partial charge in [-0.25, -0.2) is 13.6 Å². The number of esters is 1. The van der Waals surface area contributed by atoms with Gasteiger partial charge in [0.05, 0.1) is 29.3 Å². The molecule has 0 aliphatic carbocycles. The summed E-state index contributed by atoms with van der Waals surface area (Å²) >= 11 is 9.53. The van der Waals surface area contributed by atoms with Crippen molar-refractivity contribution in [3.05, 3.63) is 46.8 Å². The highest BCUT2D eigenvalue weighted by molar-refractivity contribution is 6.40. The van der Waals surface area contributed by atoms with Gasteiger partial charge in [-0.2, -0.15) is 13.2 Å². The zero-order chi connectivity index (χ0) is 46.8. The molecule has 0 radical (unpaired) electrons. The fraction of sp³-hybridized carbons (Fsp3) is 0.561. The number of rotatable bonds is 19. The molecule has 2 aromatic heterocycles. The lowest BCUT2D eigenvalue weighted by Gasteiger charge is -2.22. The van der Waals surface area contributed by atoms with Crippen molar-refractivity contribution >= 4 is 68.9 Å². The van der Waals surface area contributed by atoms with Gasteiger partial charge in [0.25, 0.3) is 6.43 Å². The maximum Gasteiger partial charge on any atom is 0.437 e. The molecular weight excluding hydrogens is 874 g/mol. The highest BCUT2D eigenvalue weighted by Gasteiger charge is 2.38. The number of carbonyl (C=O) groups is 4. The number of aromatic nitrogens is 2. The molecule has 346 valence electrons. The van der Waals surface area contributed by atoms with Crippen molar-refractivity contribution < 1.29 is 69.5 Å². The number of alkyl halides is 7.